The van der Waals surface area contributed by atoms with Crippen LogP contribution in [0.4, 0.5) is 0 Å². The highest BCUT2D eigenvalue weighted by atomic mass is 79.9. The van der Waals surface area contributed by atoms with Crippen molar-refractivity contribution in [2.45, 2.75) is 20.1 Å². The number of hydrogen-bond donors (Lipinski definition) is 1. The summed E-state index contributed by atoms with van der Waals surface area (Å²) in [6.07, 6.45) is 1.54. The molecule has 34 heavy (non-hydrogen) atoms. The van der Waals surface area contributed by atoms with E-state index in [1.165, 1.54) is 11.6 Å². The van der Waals surface area contributed by atoms with Crippen molar-refractivity contribution in [3.63, 3.8) is 0 Å². The average molecular weight is 521 g/mol. The molecule has 0 aromatic heterocycles. The minimum Gasteiger partial charge on any atom is -0.497 e. The number of methoxy groups -OCH3 is 2. The van der Waals surface area contributed by atoms with Crippen LogP contribution >= 0.6 is 15.9 Å². The van der Waals surface area contributed by atoms with E-state index in [9.17, 15) is 10.1 Å². The monoisotopic (exact) mass is 520 g/mol. The molecule has 3 aromatic carbocycles. The molecule has 3 rings (SSSR count). The van der Waals surface area contributed by atoms with Gasteiger partial charge in [-0.2, -0.15) is 5.26 Å². The number of amides is 1. The first-order chi connectivity index (χ1) is 16.4. The summed E-state index contributed by atoms with van der Waals surface area (Å²) in [7, 11) is 3.12. The molecule has 0 saturated heterocycles. The maximum absolute atomic E-state index is 12.6. The van der Waals surface area contributed by atoms with Crippen LogP contribution in [0.25, 0.3) is 6.08 Å². The Hall–Kier alpha value is -3.76. The van der Waals surface area contributed by atoms with Crippen molar-refractivity contribution < 1.29 is 19.0 Å². The Labute approximate surface area is 207 Å². The first kappa shape index (κ1) is 24.9. The van der Waals surface area contributed by atoms with Crippen molar-refractivity contribution in [1.82, 2.24) is 5.32 Å². The summed E-state index contributed by atoms with van der Waals surface area (Å²) in [5, 5.41) is 12.3. The largest absolute Gasteiger partial charge is 0.497 e. The van der Waals surface area contributed by atoms with Gasteiger partial charge in [0.15, 0.2) is 0 Å². The summed E-state index contributed by atoms with van der Waals surface area (Å²) < 4.78 is 17.2. The van der Waals surface area contributed by atoms with Gasteiger partial charge in [-0.15, -0.1) is 0 Å². The lowest BCUT2D eigenvalue weighted by atomic mass is 10.1. The number of halogens is 1. The maximum Gasteiger partial charge on any atom is 0.262 e. The number of aryl methyl sites for hydroxylation is 1. The number of carbonyl (C=O) groups is 1. The van der Waals surface area contributed by atoms with Gasteiger partial charge in [-0.05, 0) is 64.3 Å². The van der Waals surface area contributed by atoms with Gasteiger partial charge in [-0.1, -0.05) is 35.9 Å². The Bertz CT molecular complexity index is 1230. The zero-order valence-electron chi connectivity index (χ0n) is 19.2. The Morgan fingerprint density at radius 3 is 2.44 bits per heavy atom. The fourth-order valence-corrected chi connectivity index (χ4v) is 3.66. The molecule has 7 heteroatoms. The molecule has 6 nitrogen and oxygen atoms in total. The molecule has 0 aliphatic heterocycles. The quantitative estimate of drug-likeness (QED) is 0.294. The van der Waals surface area contributed by atoms with Gasteiger partial charge < -0.3 is 19.5 Å². The van der Waals surface area contributed by atoms with Crippen LogP contribution in [0.2, 0.25) is 0 Å². The normalized spacial score (nSPS) is 10.9. The van der Waals surface area contributed by atoms with E-state index in [0.29, 0.717) is 29.4 Å². The number of nitrogens with one attached hydrogen (secondary N) is 1. The molecule has 0 radical (unpaired) electrons. The summed E-state index contributed by atoms with van der Waals surface area (Å²) in [5.41, 5.74) is 3.72. The Kier molecular flexibility index (Phi) is 8.72. The standard InChI is InChI=1S/C27H25BrN2O4/c1-18-4-6-19(7-5-18)17-34-25-11-8-20(13-24(25)28)12-22(15-29)27(31)30-16-21-9-10-23(32-2)14-26(21)33-3/h4-14H,16-17H2,1-3H3,(H,30,31)/b22-12+. The number of nitrogens with zero attached hydrogens (tertiary/aromatic N) is 1. The molecule has 0 atom stereocenters. The first-order valence-corrected chi connectivity index (χ1v) is 11.3. The molecule has 0 fully saturated rings. The predicted molar refractivity (Wildman–Crippen MR) is 135 cm³/mol. The first-order valence-electron chi connectivity index (χ1n) is 10.5. The minimum absolute atomic E-state index is 0.00676. The Balaban J connectivity index is 1.66. The number of carbonyl (C=O) groups excluding carboxylic acids is 1. The highest BCUT2D eigenvalue weighted by Gasteiger charge is 2.12. The number of rotatable bonds is 9. The van der Waals surface area contributed by atoms with Gasteiger partial charge in [0, 0.05) is 18.2 Å². The van der Waals surface area contributed by atoms with Crippen LogP contribution in [0.1, 0.15) is 22.3 Å². The van der Waals surface area contributed by atoms with E-state index in [0.717, 1.165) is 15.6 Å². The molecule has 0 bridgehead atoms. The molecule has 0 spiro atoms. The third-order valence-corrected chi connectivity index (χ3v) is 5.70. The van der Waals surface area contributed by atoms with Crippen molar-refractivity contribution in [2.75, 3.05) is 14.2 Å². The van der Waals surface area contributed by atoms with E-state index in [4.69, 9.17) is 14.2 Å². The molecule has 0 heterocycles. The van der Waals surface area contributed by atoms with Crippen LogP contribution in [0.3, 0.4) is 0 Å². The fraction of sp³-hybridized carbons (Fsp3) is 0.185. The third kappa shape index (κ3) is 6.63. The van der Waals surface area contributed by atoms with E-state index in [-0.39, 0.29) is 12.1 Å². The smallest absolute Gasteiger partial charge is 0.262 e. The number of hydrogen-bond acceptors (Lipinski definition) is 5. The Morgan fingerprint density at radius 1 is 1.03 bits per heavy atom. The van der Waals surface area contributed by atoms with E-state index in [1.54, 1.807) is 44.6 Å². The molecular weight excluding hydrogens is 496 g/mol. The van der Waals surface area contributed by atoms with E-state index < -0.39 is 5.91 Å². The SMILES string of the molecule is COc1ccc(CNC(=O)/C(C#N)=C/c2ccc(OCc3ccc(C)cc3)c(Br)c2)c(OC)c1. The summed E-state index contributed by atoms with van der Waals surface area (Å²) in [5.74, 6) is 1.44. The van der Waals surface area contributed by atoms with Crippen molar-refractivity contribution in [3.05, 3.63) is 93.0 Å². The van der Waals surface area contributed by atoms with Crippen LogP contribution in [0.5, 0.6) is 17.2 Å². The van der Waals surface area contributed by atoms with Crippen LogP contribution in [-0.2, 0) is 17.9 Å². The zero-order valence-corrected chi connectivity index (χ0v) is 20.8. The van der Waals surface area contributed by atoms with Gasteiger partial charge in [0.1, 0.15) is 35.5 Å². The van der Waals surface area contributed by atoms with Gasteiger partial charge in [-0.3, -0.25) is 4.79 Å². The third-order valence-electron chi connectivity index (χ3n) is 5.08. The van der Waals surface area contributed by atoms with Crippen LogP contribution < -0.4 is 19.5 Å². The lowest BCUT2D eigenvalue weighted by molar-refractivity contribution is -0.117. The maximum atomic E-state index is 12.6. The molecule has 1 amide bonds. The molecule has 1 N–H and O–H groups in total. The molecule has 0 unspecified atom stereocenters. The lowest BCUT2D eigenvalue weighted by Gasteiger charge is -2.11. The molecule has 174 valence electrons. The summed E-state index contributed by atoms with van der Waals surface area (Å²) >= 11 is 3.51. The predicted octanol–water partition coefficient (Wildman–Crippen LogP) is 5.58. The highest BCUT2D eigenvalue weighted by Crippen LogP contribution is 2.28. The van der Waals surface area contributed by atoms with Crippen molar-refractivity contribution >= 4 is 27.9 Å². The van der Waals surface area contributed by atoms with E-state index >= 15 is 0 Å². The molecule has 3 aromatic rings. The summed E-state index contributed by atoms with van der Waals surface area (Å²) in [6, 6.07) is 20.8. The summed E-state index contributed by atoms with van der Waals surface area (Å²) in [4.78, 5) is 12.6. The van der Waals surface area contributed by atoms with Crippen LogP contribution in [-0.4, -0.2) is 20.1 Å². The van der Waals surface area contributed by atoms with Gasteiger partial charge >= 0.3 is 0 Å². The Morgan fingerprint density at radius 2 is 1.79 bits per heavy atom. The van der Waals surface area contributed by atoms with Crippen LogP contribution in [0.15, 0.2) is 70.7 Å². The lowest BCUT2D eigenvalue weighted by Crippen LogP contribution is -2.24. The molecule has 0 aliphatic rings. The van der Waals surface area contributed by atoms with Crippen LogP contribution in [0, 0.1) is 18.3 Å². The zero-order chi connectivity index (χ0) is 24.5. The molecule has 0 saturated carbocycles. The topological polar surface area (TPSA) is 80.6 Å². The molecule has 0 aliphatic carbocycles. The van der Waals surface area contributed by atoms with Gasteiger partial charge in [0.25, 0.3) is 5.91 Å². The number of benzene rings is 3. The highest BCUT2D eigenvalue weighted by molar-refractivity contribution is 9.10. The summed E-state index contributed by atoms with van der Waals surface area (Å²) in [6.45, 7) is 2.69. The van der Waals surface area contributed by atoms with E-state index in [2.05, 4.69) is 21.2 Å². The second-order valence-corrected chi connectivity index (χ2v) is 8.35. The van der Waals surface area contributed by atoms with Gasteiger partial charge in [0.05, 0.1) is 18.7 Å². The van der Waals surface area contributed by atoms with Gasteiger partial charge in [-0.25, -0.2) is 0 Å². The minimum atomic E-state index is -0.476. The van der Waals surface area contributed by atoms with Crippen molar-refractivity contribution in [2.24, 2.45) is 0 Å². The number of ether oxygens (including phenoxy) is 3. The second-order valence-electron chi connectivity index (χ2n) is 7.49. The van der Waals surface area contributed by atoms with Crippen molar-refractivity contribution in [1.29, 1.82) is 5.26 Å². The second kappa shape index (κ2) is 11.9. The van der Waals surface area contributed by atoms with Gasteiger partial charge in [0.2, 0.25) is 0 Å². The van der Waals surface area contributed by atoms with E-state index in [1.807, 2.05) is 43.3 Å². The average Bonchev–Trinajstić information content (AvgIpc) is 2.86. The number of nitriles is 1. The molecular formula is C27H25BrN2O4. The van der Waals surface area contributed by atoms with Crippen molar-refractivity contribution in [3.8, 4) is 23.3 Å². The fourth-order valence-electron chi connectivity index (χ4n) is 3.15.